The predicted octanol–water partition coefficient (Wildman–Crippen LogP) is 2.43. The maximum atomic E-state index is 2.14. The molecule has 1 heterocycles. The molecule has 0 atom stereocenters. The summed E-state index contributed by atoms with van der Waals surface area (Å²) in [5, 5.41) is 0. The molecule has 1 rings (SSSR count). The van der Waals surface area contributed by atoms with Crippen molar-refractivity contribution in [3.63, 3.8) is 0 Å². The molecule has 1 aliphatic heterocycles. The molecule has 0 aromatic rings. The average Bonchev–Trinajstić information content (AvgIpc) is 2.00. The van der Waals surface area contributed by atoms with Gasteiger partial charge in [-0.25, -0.2) is 0 Å². The van der Waals surface area contributed by atoms with Crippen molar-refractivity contribution in [3.05, 3.63) is 0 Å². The molecule has 0 aromatic heterocycles. The molecule has 56 valence electrons. The van der Waals surface area contributed by atoms with Crippen LogP contribution in [0.5, 0.6) is 0 Å². The zero-order valence-corrected chi connectivity index (χ0v) is 6.88. The monoisotopic (exact) mass is 168 g/mol. The van der Waals surface area contributed by atoms with Crippen molar-refractivity contribution in [2.75, 3.05) is 11.5 Å². The van der Waals surface area contributed by atoms with Gasteiger partial charge in [0.05, 0.1) is 0 Å². The summed E-state index contributed by atoms with van der Waals surface area (Å²) in [4.78, 5) is 0. The van der Waals surface area contributed by atoms with Crippen LogP contribution in [-0.2, 0) is 0 Å². The summed E-state index contributed by atoms with van der Waals surface area (Å²) < 4.78 is 0. The van der Waals surface area contributed by atoms with Crippen molar-refractivity contribution in [2.24, 2.45) is 0 Å². The second-order valence-corrected chi connectivity index (χ2v) is 3.96. The Morgan fingerprint density at radius 3 is 1.50 bits per heavy atom. The fraction of sp³-hybridized carbons (Fsp3) is 1.00. The Morgan fingerprint density at radius 1 is 0.600 bits per heavy atom. The van der Waals surface area contributed by atoms with E-state index in [2.05, 4.69) is 11.8 Å². The van der Waals surface area contributed by atoms with E-state index in [0.717, 1.165) is 0 Å². The van der Waals surface area contributed by atoms with Crippen LogP contribution >= 0.6 is 11.8 Å². The van der Waals surface area contributed by atoms with E-state index in [-0.39, 0.29) is 29.6 Å². The maximum absolute atomic E-state index is 2.14. The zero-order chi connectivity index (χ0) is 6.36. The van der Waals surface area contributed by atoms with Gasteiger partial charge in [-0.05, 0) is 24.3 Å². The topological polar surface area (TPSA) is 0 Å². The van der Waals surface area contributed by atoms with Crippen molar-refractivity contribution in [1.82, 2.24) is 0 Å². The summed E-state index contributed by atoms with van der Waals surface area (Å²) in [6.07, 6.45) is 8.86. The number of rotatable bonds is 0. The van der Waals surface area contributed by atoms with Crippen LogP contribution in [0.3, 0.4) is 0 Å². The van der Waals surface area contributed by atoms with Gasteiger partial charge in [-0.2, -0.15) is 11.8 Å². The summed E-state index contributed by atoms with van der Waals surface area (Å²) >= 11 is 2.14. The fourth-order valence-electron chi connectivity index (χ4n) is 1.22. The van der Waals surface area contributed by atoms with E-state index in [1.807, 2.05) is 0 Å². The molecule has 1 saturated heterocycles. The van der Waals surface area contributed by atoms with E-state index < -0.39 is 0 Å². The van der Waals surface area contributed by atoms with E-state index in [4.69, 9.17) is 0 Å². The van der Waals surface area contributed by atoms with Crippen molar-refractivity contribution < 1.29 is 0 Å². The summed E-state index contributed by atoms with van der Waals surface area (Å²) in [5.74, 6) is 2.83. The Balaban J connectivity index is 0.000000810. The predicted molar refractivity (Wildman–Crippen MR) is 52.2 cm³/mol. The standard InChI is InChI=1S/C8H16S.Na.H/c1-2-4-6-8-9-7-5-3-1;;/h1-8H2;;. The van der Waals surface area contributed by atoms with E-state index in [9.17, 15) is 0 Å². The van der Waals surface area contributed by atoms with Crippen LogP contribution in [0.25, 0.3) is 0 Å². The molecular formula is C8H17NaS. The Labute approximate surface area is 90.8 Å². The molecule has 1 aliphatic rings. The van der Waals surface area contributed by atoms with Gasteiger partial charge in [-0.15, -0.1) is 0 Å². The van der Waals surface area contributed by atoms with E-state index in [1.165, 1.54) is 50.0 Å². The quantitative estimate of drug-likeness (QED) is 0.501. The van der Waals surface area contributed by atoms with Gasteiger partial charge >= 0.3 is 29.6 Å². The molecule has 0 saturated carbocycles. The summed E-state index contributed by atoms with van der Waals surface area (Å²) in [7, 11) is 0. The third-order valence-electron chi connectivity index (χ3n) is 1.83. The normalized spacial score (nSPS) is 21.6. The van der Waals surface area contributed by atoms with E-state index >= 15 is 0 Å². The second-order valence-electron chi connectivity index (χ2n) is 2.73. The molecule has 10 heavy (non-hydrogen) atoms. The van der Waals surface area contributed by atoms with Gasteiger partial charge in [0.1, 0.15) is 0 Å². The first-order valence-electron chi connectivity index (χ1n) is 4.08. The van der Waals surface area contributed by atoms with E-state index in [0.29, 0.717) is 0 Å². The molecule has 0 amide bonds. The van der Waals surface area contributed by atoms with Crippen LogP contribution in [-0.4, -0.2) is 41.1 Å². The second kappa shape index (κ2) is 8.45. The van der Waals surface area contributed by atoms with Gasteiger partial charge in [-0.3, -0.25) is 0 Å². The molecular weight excluding hydrogens is 151 g/mol. The van der Waals surface area contributed by atoms with Crippen LogP contribution in [0.15, 0.2) is 0 Å². The van der Waals surface area contributed by atoms with Gasteiger partial charge in [0.25, 0.3) is 0 Å². The summed E-state index contributed by atoms with van der Waals surface area (Å²) in [5.41, 5.74) is 0. The van der Waals surface area contributed by atoms with Crippen LogP contribution < -0.4 is 0 Å². The SMILES string of the molecule is C1CCCCSCCC1.[NaH]. The van der Waals surface area contributed by atoms with Crippen LogP contribution in [0.4, 0.5) is 0 Å². The molecule has 2 heteroatoms. The molecule has 0 nitrogen and oxygen atoms in total. The molecule has 0 bridgehead atoms. The van der Waals surface area contributed by atoms with Gasteiger partial charge in [0.15, 0.2) is 0 Å². The molecule has 1 fully saturated rings. The van der Waals surface area contributed by atoms with Crippen LogP contribution in [0.1, 0.15) is 38.5 Å². The Hall–Kier alpha value is 1.35. The first kappa shape index (κ1) is 11.4. The average molecular weight is 168 g/mol. The first-order valence-corrected chi connectivity index (χ1v) is 5.23. The summed E-state index contributed by atoms with van der Waals surface area (Å²) in [6.45, 7) is 0. The van der Waals surface area contributed by atoms with Crippen LogP contribution in [0, 0.1) is 0 Å². The Bertz CT molecular complexity index is 37.7. The van der Waals surface area contributed by atoms with E-state index in [1.54, 1.807) is 0 Å². The van der Waals surface area contributed by atoms with Crippen LogP contribution in [0.2, 0.25) is 0 Å². The minimum atomic E-state index is 0. The molecule has 0 unspecified atom stereocenters. The number of thioether (sulfide) groups is 1. The van der Waals surface area contributed by atoms with Gasteiger partial charge in [0, 0.05) is 0 Å². The number of hydrogen-bond donors (Lipinski definition) is 0. The third kappa shape index (κ3) is 6.09. The molecule has 0 radical (unpaired) electrons. The Kier molecular flexibility index (Phi) is 9.59. The van der Waals surface area contributed by atoms with Gasteiger partial charge < -0.3 is 0 Å². The third-order valence-corrected chi connectivity index (χ3v) is 2.98. The molecule has 0 spiro atoms. The minimum absolute atomic E-state index is 0. The molecule has 0 N–H and O–H groups in total. The zero-order valence-electron chi connectivity index (χ0n) is 6.07. The fourth-order valence-corrected chi connectivity index (χ4v) is 2.24. The van der Waals surface area contributed by atoms with Crippen molar-refractivity contribution in [1.29, 1.82) is 0 Å². The Morgan fingerprint density at radius 2 is 1.00 bits per heavy atom. The first-order chi connectivity index (χ1) is 4.50. The number of hydrogen-bond acceptors (Lipinski definition) is 1. The molecule has 0 aliphatic carbocycles. The molecule has 0 aromatic carbocycles. The summed E-state index contributed by atoms with van der Waals surface area (Å²) in [6, 6.07) is 0. The van der Waals surface area contributed by atoms with Gasteiger partial charge in [-0.1, -0.05) is 25.7 Å². The van der Waals surface area contributed by atoms with Crippen molar-refractivity contribution >= 4 is 41.3 Å². The van der Waals surface area contributed by atoms with Crippen molar-refractivity contribution in [3.8, 4) is 0 Å². The van der Waals surface area contributed by atoms with Crippen molar-refractivity contribution in [2.45, 2.75) is 38.5 Å². The van der Waals surface area contributed by atoms with Gasteiger partial charge in [0.2, 0.25) is 0 Å².